The highest BCUT2D eigenvalue weighted by molar-refractivity contribution is 9.08. The molecule has 5 heteroatoms. The summed E-state index contributed by atoms with van der Waals surface area (Å²) < 4.78 is 24.3. The summed E-state index contributed by atoms with van der Waals surface area (Å²) in [6, 6.07) is 2.71. The fourth-order valence-corrected chi connectivity index (χ4v) is 1.28. The van der Waals surface area contributed by atoms with Gasteiger partial charge in [-0.05, 0) is 12.1 Å². The van der Waals surface area contributed by atoms with Gasteiger partial charge in [0.05, 0.1) is 5.69 Å². The van der Waals surface area contributed by atoms with Gasteiger partial charge in [-0.3, -0.25) is 4.98 Å². The van der Waals surface area contributed by atoms with Gasteiger partial charge in [-0.1, -0.05) is 27.5 Å². The molecule has 0 spiro atoms. The van der Waals surface area contributed by atoms with E-state index in [2.05, 4.69) is 20.9 Å². The van der Waals surface area contributed by atoms with Gasteiger partial charge >= 0.3 is 0 Å². The molecular weight excluding hydrogens is 251 g/mol. The highest BCUT2D eigenvalue weighted by Gasteiger charge is 2.10. The van der Waals surface area contributed by atoms with Gasteiger partial charge in [-0.15, -0.1) is 0 Å². The molecule has 66 valence electrons. The van der Waals surface area contributed by atoms with Crippen LogP contribution in [-0.4, -0.2) is 4.98 Å². The summed E-state index contributed by atoms with van der Waals surface area (Å²) in [5.74, 6) is 0. The first-order valence-corrected chi connectivity index (χ1v) is 4.64. The molecule has 12 heavy (non-hydrogen) atoms. The first-order chi connectivity index (χ1) is 5.63. The molecule has 0 aliphatic carbocycles. The molecule has 0 aliphatic heterocycles. The molecule has 0 aromatic carbocycles. The summed E-state index contributed by atoms with van der Waals surface area (Å²) >= 11 is 8.69. The van der Waals surface area contributed by atoms with E-state index < -0.39 is 6.43 Å². The summed E-state index contributed by atoms with van der Waals surface area (Å²) in [4.78, 5) is 3.67. The van der Waals surface area contributed by atoms with E-state index in [0.717, 1.165) is 0 Å². The second-order valence-corrected chi connectivity index (χ2v) is 3.13. The van der Waals surface area contributed by atoms with Crippen LogP contribution in [0.3, 0.4) is 0 Å². The van der Waals surface area contributed by atoms with E-state index in [9.17, 15) is 8.78 Å². The fourth-order valence-electron chi connectivity index (χ4n) is 0.753. The molecule has 0 radical (unpaired) electrons. The SMILES string of the molecule is FC(F)c1cc(Cl)cc(CBr)n1. The van der Waals surface area contributed by atoms with Gasteiger partial charge in [-0.25, -0.2) is 8.78 Å². The van der Waals surface area contributed by atoms with Crippen LogP contribution in [0.2, 0.25) is 5.02 Å². The highest BCUT2D eigenvalue weighted by atomic mass is 79.9. The van der Waals surface area contributed by atoms with Crippen LogP contribution < -0.4 is 0 Å². The molecule has 0 fully saturated rings. The van der Waals surface area contributed by atoms with Crippen LogP contribution in [0.5, 0.6) is 0 Å². The third kappa shape index (κ3) is 2.38. The van der Waals surface area contributed by atoms with Gasteiger partial charge in [0.1, 0.15) is 5.69 Å². The summed E-state index contributed by atoms with van der Waals surface area (Å²) in [7, 11) is 0. The molecule has 0 saturated heterocycles. The predicted molar refractivity (Wildman–Crippen MR) is 46.8 cm³/mol. The van der Waals surface area contributed by atoms with Crippen molar-refractivity contribution in [2.24, 2.45) is 0 Å². The van der Waals surface area contributed by atoms with Crippen molar-refractivity contribution in [2.45, 2.75) is 11.8 Å². The average molecular weight is 256 g/mol. The van der Waals surface area contributed by atoms with Gasteiger partial charge < -0.3 is 0 Å². The van der Waals surface area contributed by atoms with Crippen molar-refractivity contribution < 1.29 is 8.78 Å². The van der Waals surface area contributed by atoms with Crippen LogP contribution in [0.1, 0.15) is 17.8 Å². The number of halogens is 4. The molecule has 0 bridgehead atoms. The number of alkyl halides is 3. The zero-order valence-corrected chi connectivity index (χ0v) is 8.24. The topological polar surface area (TPSA) is 12.9 Å². The van der Waals surface area contributed by atoms with Crippen LogP contribution in [0.4, 0.5) is 8.78 Å². The first-order valence-electron chi connectivity index (χ1n) is 3.14. The molecule has 0 atom stereocenters. The number of pyridine rings is 1. The largest absolute Gasteiger partial charge is 0.280 e. The number of rotatable bonds is 2. The monoisotopic (exact) mass is 255 g/mol. The Morgan fingerprint density at radius 3 is 2.67 bits per heavy atom. The molecule has 1 heterocycles. The lowest BCUT2D eigenvalue weighted by molar-refractivity contribution is 0.146. The van der Waals surface area contributed by atoms with E-state index in [-0.39, 0.29) is 10.7 Å². The zero-order valence-electron chi connectivity index (χ0n) is 5.90. The molecule has 0 amide bonds. The Hall–Kier alpha value is -0.220. The summed E-state index contributed by atoms with van der Waals surface area (Å²) in [5, 5.41) is 0.711. The van der Waals surface area contributed by atoms with Gasteiger partial charge in [-0.2, -0.15) is 0 Å². The number of hydrogen-bond donors (Lipinski definition) is 0. The Morgan fingerprint density at radius 2 is 2.17 bits per heavy atom. The summed E-state index contributed by atoms with van der Waals surface area (Å²) in [6.07, 6.45) is -2.57. The lowest BCUT2D eigenvalue weighted by Gasteiger charge is -2.01. The minimum absolute atomic E-state index is 0.281. The minimum Gasteiger partial charge on any atom is -0.251 e. The first kappa shape index (κ1) is 9.86. The molecule has 1 aromatic rings. The quantitative estimate of drug-likeness (QED) is 0.737. The van der Waals surface area contributed by atoms with Gasteiger partial charge in [0.25, 0.3) is 6.43 Å². The summed E-state index contributed by atoms with van der Waals surface area (Å²) in [6.45, 7) is 0. The smallest absolute Gasteiger partial charge is 0.251 e. The van der Waals surface area contributed by atoms with Crippen molar-refractivity contribution in [3.63, 3.8) is 0 Å². The Bertz CT molecular complexity index is 280. The van der Waals surface area contributed by atoms with Crippen molar-refractivity contribution >= 4 is 27.5 Å². The average Bonchev–Trinajstić information content (AvgIpc) is 2.03. The van der Waals surface area contributed by atoms with Gasteiger partial charge in [0, 0.05) is 10.4 Å². The molecule has 1 nitrogen and oxygen atoms in total. The van der Waals surface area contributed by atoms with Crippen LogP contribution in [0, 0.1) is 0 Å². The summed E-state index contributed by atoms with van der Waals surface area (Å²) in [5.41, 5.74) is 0.231. The fraction of sp³-hybridized carbons (Fsp3) is 0.286. The molecular formula is C7H5BrClF2N. The molecule has 1 rings (SSSR count). The van der Waals surface area contributed by atoms with Gasteiger partial charge in [0.2, 0.25) is 0 Å². The molecule has 0 N–H and O–H groups in total. The Labute approximate surface area is 81.9 Å². The standard InChI is InChI=1S/C7H5BrClF2N/c8-3-5-1-4(9)2-6(12-5)7(10)11/h1-2,7H,3H2. The van der Waals surface area contributed by atoms with Crippen molar-refractivity contribution in [3.05, 3.63) is 28.5 Å². The van der Waals surface area contributed by atoms with Crippen molar-refractivity contribution in [1.82, 2.24) is 4.98 Å². The van der Waals surface area contributed by atoms with Crippen molar-refractivity contribution in [1.29, 1.82) is 0 Å². The number of aromatic nitrogens is 1. The molecule has 0 unspecified atom stereocenters. The van der Waals surface area contributed by atoms with E-state index in [1.807, 2.05) is 0 Å². The Morgan fingerprint density at radius 1 is 1.50 bits per heavy atom. The Kier molecular flexibility index (Phi) is 3.40. The van der Waals surface area contributed by atoms with E-state index in [0.29, 0.717) is 11.0 Å². The maximum Gasteiger partial charge on any atom is 0.280 e. The predicted octanol–water partition coefficient (Wildman–Crippen LogP) is 3.57. The van der Waals surface area contributed by atoms with Crippen LogP contribution in [-0.2, 0) is 5.33 Å². The van der Waals surface area contributed by atoms with Crippen LogP contribution in [0.25, 0.3) is 0 Å². The van der Waals surface area contributed by atoms with Gasteiger partial charge in [0.15, 0.2) is 0 Å². The third-order valence-electron chi connectivity index (χ3n) is 1.22. The lowest BCUT2D eigenvalue weighted by atomic mass is 10.3. The lowest BCUT2D eigenvalue weighted by Crippen LogP contribution is -1.93. The van der Waals surface area contributed by atoms with Crippen molar-refractivity contribution in [3.8, 4) is 0 Å². The minimum atomic E-state index is -2.57. The maximum absolute atomic E-state index is 12.1. The van der Waals surface area contributed by atoms with E-state index in [4.69, 9.17) is 11.6 Å². The maximum atomic E-state index is 12.1. The second kappa shape index (κ2) is 4.14. The highest BCUT2D eigenvalue weighted by Crippen LogP contribution is 2.21. The van der Waals surface area contributed by atoms with Crippen LogP contribution in [0.15, 0.2) is 12.1 Å². The molecule has 0 saturated carbocycles. The second-order valence-electron chi connectivity index (χ2n) is 2.14. The number of nitrogens with zero attached hydrogens (tertiary/aromatic N) is 1. The molecule has 1 aromatic heterocycles. The van der Waals surface area contributed by atoms with Crippen molar-refractivity contribution in [2.75, 3.05) is 0 Å². The normalized spacial score (nSPS) is 10.8. The Balaban J connectivity index is 3.06. The van der Waals surface area contributed by atoms with E-state index in [1.165, 1.54) is 6.07 Å². The van der Waals surface area contributed by atoms with E-state index >= 15 is 0 Å². The zero-order chi connectivity index (χ0) is 9.14. The number of hydrogen-bond acceptors (Lipinski definition) is 1. The molecule has 0 aliphatic rings. The third-order valence-corrected chi connectivity index (χ3v) is 2.02. The van der Waals surface area contributed by atoms with E-state index in [1.54, 1.807) is 6.07 Å². The van der Waals surface area contributed by atoms with Crippen LogP contribution >= 0.6 is 27.5 Å².